The van der Waals surface area contributed by atoms with E-state index in [2.05, 4.69) is 56.6 Å². The highest BCUT2D eigenvalue weighted by Gasteiger charge is 2.31. The second kappa shape index (κ2) is 7.34. The molecule has 0 heterocycles. The molecule has 2 aliphatic rings. The first-order chi connectivity index (χ1) is 10.4. The van der Waals surface area contributed by atoms with Crippen LogP contribution >= 0.6 is 0 Å². The summed E-state index contributed by atoms with van der Waals surface area (Å²) >= 11 is 0. The van der Waals surface area contributed by atoms with Gasteiger partial charge >= 0.3 is 6.03 Å². The van der Waals surface area contributed by atoms with Crippen LogP contribution in [0.3, 0.4) is 0 Å². The maximum Gasteiger partial charge on any atom is 0.315 e. The van der Waals surface area contributed by atoms with E-state index in [9.17, 15) is 4.79 Å². The van der Waals surface area contributed by atoms with E-state index in [1.54, 1.807) is 0 Å². The monoisotopic (exact) mass is 304 g/mol. The largest absolute Gasteiger partial charge is 0.335 e. The van der Waals surface area contributed by atoms with Gasteiger partial charge in [-0.1, -0.05) is 51.3 Å². The first-order valence-electron chi connectivity index (χ1n) is 8.85. The smallest absolute Gasteiger partial charge is 0.315 e. The van der Waals surface area contributed by atoms with Crippen molar-refractivity contribution >= 4 is 6.03 Å². The summed E-state index contributed by atoms with van der Waals surface area (Å²) in [6, 6.07) is 0.350. The predicted octanol–water partition coefficient (Wildman–Crippen LogP) is 4.56. The van der Waals surface area contributed by atoms with Crippen LogP contribution in [0.25, 0.3) is 0 Å². The number of carbonyl (C=O) groups excluding carboxylic acids is 1. The van der Waals surface area contributed by atoms with Crippen molar-refractivity contribution in [3.05, 3.63) is 23.8 Å². The van der Waals surface area contributed by atoms with Crippen molar-refractivity contribution in [1.29, 1.82) is 0 Å². The third kappa shape index (κ3) is 4.62. The van der Waals surface area contributed by atoms with Gasteiger partial charge in [0, 0.05) is 17.5 Å². The average Bonchev–Trinajstić information content (AvgIpc) is 2.47. The van der Waals surface area contributed by atoms with E-state index in [1.807, 2.05) is 0 Å². The fraction of sp³-hybridized carbons (Fsp3) is 0.737. The van der Waals surface area contributed by atoms with Crippen molar-refractivity contribution in [3.63, 3.8) is 0 Å². The number of carbonyl (C=O) groups is 1. The molecule has 0 aromatic rings. The number of rotatable bonds is 4. The van der Waals surface area contributed by atoms with Gasteiger partial charge in [-0.15, -0.1) is 0 Å². The molecule has 2 amide bonds. The minimum atomic E-state index is -0.232. The molecule has 1 fully saturated rings. The normalized spacial score (nSPS) is 23.3. The molecule has 1 unspecified atom stereocenters. The molecule has 2 N–H and O–H groups in total. The molecule has 0 aromatic carbocycles. The van der Waals surface area contributed by atoms with E-state index < -0.39 is 0 Å². The molecule has 1 atom stereocenters. The van der Waals surface area contributed by atoms with Crippen LogP contribution in [0, 0.1) is 11.8 Å². The maximum absolute atomic E-state index is 12.3. The first-order valence-corrected chi connectivity index (χ1v) is 8.85. The van der Waals surface area contributed by atoms with Crippen molar-refractivity contribution in [1.82, 2.24) is 10.6 Å². The fourth-order valence-corrected chi connectivity index (χ4v) is 3.45. The highest BCUT2D eigenvalue weighted by molar-refractivity contribution is 5.75. The molecule has 1 saturated carbocycles. The summed E-state index contributed by atoms with van der Waals surface area (Å²) in [5.74, 6) is 0.887. The Hall–Kier alpha value is -1.25. The molecule has 0 saturated heterocycles. The molecule has 22 heavy (non-hydrogen) atoms. The van der Waals surface area contributed by atoms with Crippen LogP contribution in [0.4, 0.5) is 4.79 Å². The van der Waals surface area contributed by atoms with Gasteiger partial charge in [0.1, 0.15) is 0 Å². The Morgan fingerprint density at radius 2 is 1.91 bits per heavy atom. The summed E-state index contributed by atoms with van der Waals surface area (Å²) < 4.78 is 0. The minimum absolute atomic E-state index is 0.00838. The van der Waals surface area contributed by atoms with E-state index in [1.165, 1.54) is 24.8 Å². The Bertz CT molecular complexity index is 442. The van der Waals surface area contributed by atoms with Crippen molar-refractivity contribution in [2.24, 2.45) is 11.8 Å². The topological polar surface area (TPSA) is 41.1 Å². The number of hydrogen-bond donors (Lipinski definition) is 2. The van der Waals surface area contributed by atoms with E-state index in [4.69, 9.17) is 0 Å². The lowest BCUT2D eigenvalue weighted by Crippen LogP contribution is -2.54. The van der Waals surface area contributed by atoms with E-state index in [0.29, 0.717) is 17.9 Å². The average molecular weight is 304 g/mol. The summed E-state index contributed by atoms with van der Waals surface area (Å²) in [7, 11) is 0. The predicted molar refractivity (Wildman–Crippen MR) is 92.8 cm³/mol. The van der Waals surface area contributed by atoms with Crippen LogP contribution in [-0.4, -0.2) is 17.6 Å². The Labute approximate surface area is 135 Å². The molecule has 0 spiro atoms. The fourth-order valence-electron chi connectivity index (χ4n) is 3.45. The van der Waals surface area contributed by atoms with E-state index >= 15 is 0 Å². The van der Waals surface area contributed by atoms with Crippen molar-refractivity contribution in [2.75, 3.05) is 0 Å². The lowest BCUT2D eigenvalue weighted by atomic mass is 9.79. The van der Waals surface area contributed by atoms with Gasteiger partial charge < -0.3 is 10.6 Å². The van der Waals surface area contributed by atoms with Gasteiger partial charge in [0.25, 0.3) is 0 Å². The zero-order valence-electron chi connectivity index (χ0n) is 14.6. The molecule has 0 aliphatic heterocycles. The second-order valence-corrected chi connectivity index (χ2v) is 7.72. The lowest BCUT2D eigenvalue weighted by Gasteiger charge is -2.36. The van der Waals surface area contributed by atoms with Crippen molar-refractivity contribution in [3.8, 4) is 0 Å². The zero-order valence-corrected chi connectivity index (χ0v) is 14.6. The summed E-state index contributed by atoms with van der Waals surface area (Å²) in [6.07, 6.45) is 13.8. The molecule has 0 bridgehead atoms. The second-order valence-electron chi connectivity index (χ2n) is 7.72. The van der Waals surface area contributed by atoms with Gasteiger partial charge in [-0.05, 0) is 44.6 Å². The molecular formula is C19H32N2O. The summed E-state index contributed by atoms with van der Waals surface area (Å²) in [6.45, 7) is 8.70. The summed E-state index contributed by atoms with van der Waals surface area (Å²) in [5, 5.41) is 6.36. The van der Waals surface area contributed by atoms with Crippen LogP contribution in [0.5, 0.6) is 0 Å². The number of urea groups is 1. The van der Waals surface area contributed by atoms with Crippen LogP contribution in [0.1, 0.15) is 66.2 Å². The molecule has 0 aromatic heterocycles. The van der Waals surface area contributed by atoms with Crippen LogP contribution < -0.4 is 10.6 Å². The number of hydrogen-bond acceptors (Lipinski definition) is 1. The molecule has 2 rings (SSSR count). The Morgan fingerprint density at radius 3 is 2.55 bits per heavy atom. The third-order valence-corrected chi connectivity index (χ3v) is 5.06. The standard InChI is InChI=1S/C19H32N2O/c1-14(2)15-9-8-10-16(13-15)19(3,4)21-18(22)20-17-11-6-5-7-12-17/h8-9,13-14,16-17H,5-7,10-12H2,1-4H3,(H2,20,21,22). The first kappa shape index (κ1) is 17.1. The quantitative estimate of drug-likeness (QED) is 0.785. The van der Waals surface area contributed by atoms with E-state index in [-0.39, 0.29) is 11.6 Å². The Morgan fingerprint density at radius 1 is 1.23 bits per heavy atom. The number of amides is 2. The molecule has 3 nitrogen and oxygen atoms in total. The van der Waals surface area contributed by atoms with Crippen LogP contribution in [-0.2, 0) is 0 Å². The van der Waals surface area contributed by atoms with Gasteiger partial charge in [0.2, 0.25) is 0 Å². The van der Waals surface area contributed by atoms with Crippen LogP contribution in [0.15, 0.2) is 23.8 Å². The Kier molecular flexibility index (Phi) is 5.71. The molecule has 3 heteroatoms. The third-order valence-electron chi connectivity index (χ3n) is 5.06. The molecule has 0 radical (unpaired) electrons. The molecule has 124 valence electrons. The van der Waals surface area contributed by atoms with Gasteiger partial charge in [-0.3, -0.25) is 0 Å². The number of allylic oxidation sites excluding steroid dienone is 3. The number of nitrogens with one attached hydrogen (secondary N) is 2. The maximum atomic E-state index is 12.3. The van der Waals surface area contributed by atoms with Crippen molar-refractivity contribution < 1.29 is 4.79 Å². The molecular weight excluding hydrogens is 272 g/mol. The Balaban J connectivity index is 1.92. The summed E-state index contributed by atoms with van der Waals surface area (Å²) in [5.41, 5.74) is 1.14. The molecule has 2 aliphatic carbocycles. The zero-order chi connectivity index (χ0) is 16.2. The van der Waals surface area contributed by atoms with Gasteiger partial charge in [0.05, 0.1) is 0 Å². The lowest BCUT2D eigenvalue weighted by molar-refractivity contribution is 0.212. The summed E-state index contributed by atoms with van der Waals surface area (Å²) in [4.78, 5) is 12.3. The van der Waals surface area contributed by atoms with E-state index in [0.717, 1.165) is 19.3 Å². The highest BCUT2D eigenvalue weighted by Crippen LogP contribution is 2.30. The minimum Gasteiger partial charge on any atom is -0.335 e. The van der Waals surface area contributed by atoms with Crippen LogP contribution in [0.2, 0.25) is 0 Å². The van der Waals surface area contributed by atoms with Crippen molar-refractivity contribution in [2.45, 2.75) is 77.8 Å². The highest BCUT2D eigenvalue weighted by atomic mass is 16.2. The van der Waals surface area contributed by atoms with Gasteiger partial charge in [-0.25, -0.2) is 4.79 Å². The van der Waals surface area contributed by atoms with Gasteiger partial charge in [0.15, 0.2) is 0 Å². The SMILES string of the molecule is CC(C)C1=CC(C(C)(C)NC(=O)NC2CCCCC2)CC=C1. The van der Waals surface area contributed by atoms with Gasteiger partial charge in [-0.2, -0.15) is 0 Å².